The van der Waals surface area contributed by atoms with Gasteiger partial charge in [-0.3, -0.25) is 9.59 Å². The van der Waals surface area contributed by atoms with Gasteiger partial charge in [-0.2, -0.15) is 0 Å². The van der Waals surface area contributed by atoms with Gasteiger partial charge in [-0.15, -0.1) is 0 Å². The molecule has 3 saturated heterocycles. The molecule has 1 aromatic carbocycles. The lowest BCUT2D eigenvalue weighted by atomic mass is 10.0. The summed E-state index contributed by atoms with van der Waals surface area (Å²) in [5, 5.41) is 5.16. The number of ether oxygens (including phenoxy) is 2. The summed E-state index contributed by atoms with van der Waals surface area (Å²) in [5.41, 5.74) is 1.98. The Morgan fingerprint density at radius 1 is 0.897 bits per heavy atom. The molecule has 2 amide bonds. The van der Waals surface area contributed by atoms with E-state index in [0.29, 0.717) is 61.6 Å². The van der Waals surface area contributed by atoms with Crippen molar-refractivity contribution in [1.29, 1.82) is 0 Å². The molecule has 3 aliphatic heterocycles. The molecule has 0 spiro atoms. The highest BCUT2D eigenvalue weighted by Gasteiger charge is 2.43. The number of nitrogens with zero attached hydrogens (tertiary/aromatic N) is 3. The van der Waals surface area contributed by atoms with E-state index in [9.17, 15) is 18.0 Å². The van der Waals surface area contributed by atoms with E-state index in [1.54, 1.807) is 11.0 Å². The molecule has 208 valence electrons. The lowest BCUT2D eigenvalue weighted by Crippen LogP contribution is -2.35. The topological polar surface area (TPSA) is 132 Å². The first kappa shape index (κ1) is 26.2. The van der Waals surface area contributed by atoms with Gasteiger partial charge in [0, 0.05) is 80.0 Å². The second-order valence-electron chi connectivity index (χ2n) is 11.3. The van der Waals surface area contributed by atoms with Crippen molar-refractivity contribution >= 4 is 21.8 Å². The van der Waals surface area contributed by atoms with Crippen LogP contribution in [0.25, 0.3) is 0 Å². The molecular formula is C28H34N4O6S. The number of sulfonamides is 1. The fraction of sp³-hybridized carbons (Fsp3) is 0.536. The summed E-state index contributed by atoms with van der Waals surface area (Å²) in [7, 11) is -3.81. The number of pyridine rings is 1. The van der Waals surface area contributed by atoms with Gasteiger partial charge in [0.25, 0.3) is 11.8 Å². The van der Waals surface area contributed by atoms with E-state index in [1.165, 1.54) is 24.3 Å². The fourth-order valence-electron chi connectivity index (χ4n) is 5.90. The van der Waals surface area contributed by atoms with E-state index in [0.717, 1.165) is 44.6 Å². The number of fused-ring (bicyclic) bond motifs is 1. The maximum Gasteiger partial charge on any atom is 0.254 e. The molecule has 1 aromatic heterocycles. The van der Waals surface area contributed by atoms with Gasteiger partial charge in [0.05, 0.1) is 11.5 Å². The number of benzene rings is 1. The van der Waals surface area contributed by atoms with Crippen LogP contribution in [0.2, 0.25) is 0 Å². The van der Waals surface area contributed by atoms with E-state index < -0.39 is 10.0 Å². The Bertz CT molecular complexity index is 1340. The van der Waals surface area contributed by atoms with Crippen LogP contribution in [0.15, 0.2) is 41.3 Å². The number of hydrogen-bond donors (Lipinski definition) is 1. The van der Waals surface area contributed by atoms with Gasteiger partial charge in [-0.1, -0.05) is 0 Å². The Kier molecular flexibility index (Phi) is 7.07. The van der Waals surface area contributed by atoms with Crippen LogP contribution in [0.5, 0.6) is 5.88 Å². The molecule has 1 aliphatic carbocycles. The number of aromatic nitrogens is 1. The minimum absolute atomic E-state index is 0.0129. The van der Waals surface area contributed by atoms with Crippen molar-refractivity contribution in [2.45, 2.75) is 36.5 Å². The van der Waals surface area contributed by atoms with Crippen molar-refractivity contribution in [3.05, 3.63) is 53.2 Å². The molecule has 4 fully saturated rings. The summed E-state index contributed by atoms with van der Waals surface area (Å²) >= 11 is 0. The summed E-state index contributed by atoms with van der Waals surface area (Å²) in [4.78, 5) is 35.0. The molecule has 0 radical (unpaired) electrons. The zero-order valence-corrected chi connectivity index (χ0v) is 22.6. The molecule has 2 N–H and O–H groups in total. The maximum atomic E-state index is 13.6. The second kappa shape index (κ2) is 10.5. The number of rotatable bonds is 7. The number of carbonyl (C=O) groups is 2. The van der Waals surface area contributed by atoms with Crippen LogP contribution >= 0.6 is 0 Å². The van der Waals surface area contributed by atoms with Crippen molar-refractivity contribution in [3.63, 3.8) is 0 Å². The number of likely N-dealkylation sites (tertiary alicyclic amines) is 2. The smallest absolute Gasteiger partial charge is 0.254 e. The van der Waals surface area contributed by atoms with Gasteiger partial charge in [-0.25, -0.2) is 18.5 Å². The standard InChI is InChI=1S/C28H34N4O6S/c29-39(35,36)24-5-3-20(4-6-24)27(33)31-13-22-15-32(16-23(22)14-31)28(34)21-11-25(19-1-2-19)30-26(12-21)38-17-18-7-9-37-10-8-18/h3-6,11-12,18-19,22-23H,1-2,7-10,13-17H2,(H2,29,35,36)/t22-,23+. The molecule has 11 heteroatoms. The number of primary sulfonamides is 1. The molecule has 1 saturated carbocycles. The van der Waals surface area contributed by atoms with Crippen LogP contribution in [0.3, 0.4) is 0 Å². The monoisotopic (exact) mass is 554 g/mol. The zero-order valence-electron chi connectivity index (χ0n) is 21.8. The van der Waals surface area contributed by atoms with Crippen molar-refractivity contribution in [1.82, 2.24) is 14.8 Å². The highest BCUT2D eigenvalue weighted by molar-refractivity contribution is 7.89. The van der Waals surface area contributed by atoms with Crippen molar-refractivity contribution in [3.8, 4) is 5.88 Å². The fourth-order valence-corrected chi connectivity index (χ4v) is 6.42. The molecule has 6 rings (SSSR count). The van der Waals surface area contributed by atoms with Gasteiger partial charge in [0.1, 0.15) is 0 Å². The van der Waals surface area contributed by atoms with E-state index in [4.69, 9.17) is 19.6 Å². The molecule has 10 nitrogen and oxygen atoms in total. The molecule has 2 aromatic rings. The zero-order chi connectivity index (χ0) is 27.1. The summed E-state index contributed by atoms with van der Waals surface area (Å²) in [6.07, 6.45) is 4.13. The Hall–Kier alpha value is -3.02. The predicted octanol–water partition coefficient (Wildman–Crippen LogP) is 2.26. The van der Waals surface area contributed by atoms with Gasteiger partial charge in [0.15, 0.2) is 0 Å². The molecule has 0 unspecified atom stereocenters. The highest BCUT2D eigenvalue weighted by Crippen LogP contribution is 2.40. The minimum atomic E-state index is -3.81. The largest absolute Gasteiger partial charge is 0.477 e. The third-order valence-electron chi connectivity index (χ3n) is 8.36. The number of hydrogen-bond acceptors (Lipinski definition) is 7. The van der Waals surface area contributed by atoms with E-state index >= 15 is 0 Å². The van der Waals surface area contributed by atoms with Crippen LogP contribution in [-0.2, 0) is 14.8 Å². The SMILES string of the molecule is NS(=O)(=O)c1ccc(C(=O)N2C[C@@H]3CN(C(=O)c4cc(OCC5CCOCC5)nc(C5CC5)c4)C[C@@H]3C2)cc1. The molecule has 4 aliphatic rings. The van der Waals surface area contributed by atoms with Crippen LogP contribution in [0.4, 0.5) is 0 Å². The molecule has 4 heterocycles. The summed E-state index contributed by atoms with van der Waals surface area (Å²) in [5.74, 6) is 1.63. The van der Waals surface area contributed by atoms with Crippen molar-refractivity contribution in [2.24, 2.45) is 22.9 Å². The molecule has 0 bridgehead atoms. The first-order chi connectivity index (χ1) is 18.7. The van der Waals surface area contributed by atoms with Crippen molar-refractivity contribution < 1.29 is 27.5 Å². The minimum Gasteiger partial charge on any atom is -0.477 e. The number of carbonyl (C=O) groups excluding carboxylic acids is 2. The van der Waals surface area contributed by atoms with Crippen LogP contribution in [0.1, 0.15) is 58.0 Å². The third kappa shape index (κ3) is 5.80. The summed E-state index contributed by atoms with van der Waals surface area (Å²) in [6.45, 7) is 4.42. The van der Waals surface area contributed by atoms with Crippen molar-refractivity contribution in [2.75, 3.05) is 46.0 Å². The Labute approximate surface area is 228 Å². The molecular weight excluding hydrogens is 520 g/mol. The molecule has 39 heavy (non-hydrogen) atoms. The van der Waals surface area contributed by atoms with E-state index in [-0.39, 0.29) is 28.5 Å². The normalized spacial score (nSPS) is 23.6. The van der Waals surface area contributed by atoms with E-state index in [2.05, 4.69) is 0 Å². The maximum absolute atomic E-state index is 13.6. The number of amides is 2. The number of nitrogens with two attached hydrogens (primary N) is 1. The Morgan fingerprint density at radius 3 is 2.05 bits per heavy atom. The van der Waals surface area contributed by atoms with E-state index in [1.807, 2.05) is 11.0 Å². The van der Waals surface area contributed by atoms with Crippen LogP contribution in [0, 0.1) is 17.8 Å². The summed E-state index contributed by atoms with van der Waals surface area (Å²) < 4.78 is 34.5. The van der Waals surface area contributed by atoms with Crippen LogP contribution in [-0.4, -0.2) is 81.0 Å². The highest BCUT2D eigenvalue weighted by atomic mass is 32.2. The van der Waals surface area contributed by atoms with Gasteiger partial charge < -0.3 is 19.3 Å². The Balaban J connectivity index is 1.09. The first-order valence-corrected chi connectivity index (χ1v) is 15.2. The lowest BCUT2D eigenvalue weighted by molar-refractivity contribution is 0.0490. The van der Waals surface area contributed by atoms with Crippen LogP contribution < -0.4 is 9.88 Å². The third-order valence-corrected chi connectivity index (χ3v) is 9.29. The summed E-state index contributed by atoms with van der Waals surface area (Å²) in [6, 6.07) is 9.40. The second-order valence-corrected chi connectivity index (χ2v) is 12.8. The van der Waals surface area contributed by atoms with Gasteiger partial charge in [0.2, 0.25) is 15.9 Å². The predicted molar refractivity (Wildman–Crippen MR) is 142 cm³/mol. The van der Waals surface area contributed by atoms with Gasteiger partial charge >= 0.3 is 0 Å². The average molecular weight is 555 g/mol. The Morgan fingerprint density at radius 2 is 1.49 bits per heavy atom. The quantitative estimate of drug-likeness (QED) is 0.555. The van der Waals surface area contributed by atoms with Gasteiger partial charge in [-0.05, 0) is 61.9 Å². The average Bonchev–Trinajstić information content (AvgIpc) is 3.61. The molecule has 2 atom stereocenters. The first-order valence-electron chi connectivity index (χ1n) is 13.7. The lowest BCUT2D eigenvalue weighted by Gasteiger charge is -2.23.